The molecule has 1 saturated carbocycles. The molecule has 1 aliphatic carbocycles. The van der Waals surface area contributed by atoms with E-state index in [1.54, 1.807) is 16.3 Å². The van der Waals surface area contributed by atoms with Crippen LogP contribution in [0.15, 0.2) is 9.95 Å². The summed E-state index contributed by atoms with van der Waals surface area (Å²) >= 11 is 1.73. The molecule has 2 rings (SSSR count). The molecule has 3 unspecified atom stereocenters. The summed E-state index contributed by atoms with van der Waals surface area (Å²) in [4.78, 5) is 11.5. The summed E-state index contributed by atoms with van der Waals surface area (Å²) in [6.07, 6.45) is 3.67. The Bertz CT molecular complexity index is 442. The summed E-state index contributed by atoms with van der Waals surface area (Å²) in [5, 5.41) is 11.4. The lowest BCUT2D eigenvalue weighted by molar-refractivity contribution is 0.328. The van der Waals surface area contributed by atoms with E-state index in [1.165, 1.54) is 19.3 Å². The zero-order chi connectivity index (χ0) is 13.1. The molecule has 2 N–H and O–H groups in total. The molecular formula is C12H22N4OS. The number of thioether (sulfide) groups is 1. The molecule has 0 spiro atoms. The molecule has 1 fully saturated rings. The van der Waals surface area contributed by atoms with E-state index in [0.717, 1.165) is 11.1 Å². The van der Waals surface area contributed by atoms with Gasteiger partial charge in [-0.3, -0.25) is 4.57 Å². The summed E-state index contributed by atoms with van der Waals surface area (Å²) in [7, 11) is 2.02. The molecule has 1 aromatic rings. The van der Waals surface area contributed by atoms with Crippen LogP contribution in [0.3, 0.4) is 0 Å². The minimum atomic E-state index is -0.107. The molecule has 6 heteroatoms. The number of rotatable bonds is 4. The van der Waals surface area contributed by atoms with Gasteiger partial charge in [-0.25, -0.2) is 9.89 Å². The van der Waals surface area contributed by atoms with Crippen LogP contribution in [0, 0.1) is 5.92 Å². The Labute approximate surface area is 112 Å². The van der Waals surface area contributed by atoms with Crippen LogP contribution < -0.4 is 11.0 Å². The van der Waals surface area contributed by atoms with E-state index in [-0.39, 0.29) is 5.69 Å². The first kappa shape index (κ1) is 13.7. The fraction of sp³-hybridized carbons (Fsp3) is 0.833. The second-order valence-corrected chi connectivity index (χ2v) is 6.23. The highest BCUT2D eigenvalue weighted by Gasteiger charge is 2.29. The number of nitrogens with zero attached hydrogens (tertiary/aromatic N) is 2. The molecule has 1 heterocycles. The number of H-pyrrole nitrogens is 1. The molecule has 1 aromatic heterocycles. The highest BCUT2D eigenvalue weighted by atomic mass is 32.2. The summed E-state index contributed by atoms with van der Waals surface area (Å²) in [5.74, 6) is 0.757. The van der Waals surface area contributed by atoms with E-state index in [0.29, 0.717) is 17.8 Å². The van der Waals surface area contributed by atoms with E-state index in [1.807, 2.05) is 14.0 Å². The highest BCUT2D eigenvalue weighted by Crippen LogP contribution is 2.35. The first-order valence-electron chi connectivity index (χ1n) is 6.64. The Morgan fingerprint density at radius 3 is 3.00 bits per heavy atom. The zero-order valence-corrected chi connectivity index (χ0v) is 12.1. The van der Waals surface area contributed by atoms with Gasteiger partial charge < -0.3 is 5.32 Å². The molecule has 0 aromatic carbocycles. The third kappa shape index (κ3) is 2.80. The molecule has 0 aliphatic heterocycles. The van der Waals surface area contributed by atoms with Gasteiger partial charge in [0.2, 0.25) is 0 Å². The van der Waals surface area contributed by atoms with Gasteiger partial charge in [-0.15, -0.1) is 5.10 Å². The molecular weight excluding hydrogens is 248 g/mol. The van der Waals surface area contributed by atoms with Gasteiger partial charge in [0.05, 0.1) is 0 Å². The van der Waals surface area contributed by atoms with Crippen molar-refractivity contribution in [2.75, 3.05) is 7.05 Å². The second-order valence-electron chi connectivity index (χ2n) is 5.03. The monoisotopic (exact) mass is 270 g/mol. The predicted octanol–water partition coefficient (Wildman–Crippen LogP) is 1.46. The molecule has 0 bridgehead atoms. The fourth-order valence-corrected chi connectivity index (χ4v) is 4.17. The normalized spacial score (nSPS) is 28.5. The van der Waals surface area contributed by atoms with E-state index < -0.39 is 0 Å². The second kappa shape index (κ2) is 5.93. The molecule has 3 atom stereocenters. The topological polar surface area (TPSA) is 62.7 Å². The third-order valence-electron chi connectivity index (χ3n) is 3.72. The summed E-state index contributed by atoms with van der Waals surface area (Å²) in [5.41, 5.74) is -0.107. The highest BCUT2D eigenvalue weighted by molar-refractivity contribution is 7.99. The number of aromatic nitrogens is 3. The average Bonchev–Trinajstić information content (AvgIpc) is 2.70. The molecule has 0 amide bonds. The third-order valence-corrected chi connectivity index (χ3v) is 5.07. The van der Waals surface area contributed by atoms with E-state index in [9.17, 15) is 4.79 Å². The van der Waals surface area contributed by atoms with Gasteiger partial charge in [0, 0.05) is 17.8 Å². The Morgan fingerprint density at radius 2 is 2.33 bits per heavy atom. The lowest BCUT2D eigenvalue weighted by Gasteiger charge is -2.33. The SMILES string of the molecule is CCn1c(SC2CC(C)CCC2NC)n[nH]c1=O. The zero-order valence-electron chi connectivity index (χ0n) is 11.3. The fourth-order valence-electron chi connectivity index (χ4n) is 2.60. The summed E-state index contributed by atoms with van der Waals surface area (Å²) in [6.45, 7) is 4.95. The van der Waals surface area contributed by atoms with Crippen LogP contribution >= 0.6 is 11.8 Å². The predicted molar refractivity (Wildman–Crippen MR) is 74.0 cm³/mol. The summed E-state index contributed by atoms with van der Waals surface area (Å²) < 4.78 is 1.71. The van der Waals surface area contributed by atoms with E-state index in [2.05, 4.69) is 22.4 Å². The Hall–Kier alpha value is -0.750. The molecule has 5 nitrogen and oxygen atoms in total. The lowest BCUT2D eigenvalue weighted by atomic mass is 9.87. The Balaban J connectivity index is 2.13. The van der Waals surface area contributed by atoms with Crippen molar-refractivity contribution in [3.63, 3.8) is 0 Å². The van der Waals surface area contributed by atoms with Crippen molar-refractivity contribution in [2.45, 2.75) is 56.1 Å². The number of hydrogen-bond acceptors (Lipinski definition) is 4. The first-order valence-corrected chi connectivity index (χ1v) is 7.52. The molecule has 0 radical (unpaired) electrons. The average molecular weight is 270 g/mol. The van der Waals surface area contributed by atoms with Gasteiger partial charge in [0.15, 0.2) is 5.16 Å². The van der Waals surface area contributed by atoms with Crippen LogP contribution in [-0.4, -0.2) is 33.1 Å². The number of nitrogens with one attached hydrogen (secondary N) is 2. The maximum absolute atomic E-state index is 11.5. The largest absolute Gasteiger partial charge is 0.343 e. The quantitative estimate of drug-likeness (QED) is 0.869. The van der Waals surface area contributed by atoms with Crippen molar-refractivity contribution >= 4 is 11.8 Å². The first-order chi connectivity index (χ1) is 8.65. The van der Waals surface area contributed by atoms with Crippen LogP contribution in [0.4, 0.5) is 0 Å². The molecule has 18 heavy (non-hydrogen) atoms. The van der Waals surface area contributed by atoms with Crippen molar-refractivity contribution in [3.8, 4) is 0 Å². The molecule has 102 valence electrons. The van der Waals surface area contributed by atoms with Crippen LogP contribution in [0.25, 0.3) is 0 Å². The summed E-state index contributed by atoms with van der Waals surface area (Å²) in [6, 6.07) is 0.517. The van der Waals surface area contributed by atoms with Crippen molar-refractivity contribution in [1.82, 2.24) is 20.1 Å². The van der Waals surface area contributed by atoms with Gasteiger partial charge in [0.25, 0.3) is 0 Å². The van der Waals surface area contributed by atoms with Gasteiger partial charge in [-0.05, 0) is 39.2 Å². The van der Waals surface area contributed by atoms with Gasteiger partial charge in [-0.2, -0.15) is 0 Å². The van der Waals surface area contributed by atoms with Gasteiger partial charge in [0.1, 0.15) is 0 Å². The van der Waals surface area contributed by atoms with Crippen LogP contribution in [0.1, 0.15) is 33.1 Å². The minimum Gasteiger partial charge on any atom is -0.316 e. The van der Waals surface area contributed by atoms with Crippen molar-refractivity contribution in [2.24, 2.45) is 5.92 Å². The Morgan fingerprint density at radius 1 is 1.56 bits per heavy atom. The van der Waals surface area contributed by atoms with Gasteiger partial charge in [-0.1, -0.05) is 18.7 Å². The van der Waals surface area contributed by atoms with Crippen LogP contribution in [0.5, 0.6) is 0 Å². The smallest absolute Gasteiger partial charge is 0.316 e. The van der Waals surface area contributed by atoms with Crippen molar-refractivity contribution in [3.05, 3.63) is 10.5 Å². The van der Waals surface area contributed by atoms with Crippen LogP contribution in [0.2, 0.25) is 0 Å². The van der Waals surface area contributed by atoms with Crippen molar-refractivity contribution in [1.29, 1.82) is 0 Å². The Kier molecular flexibility index (Phi) is 4.50. The van der Waals surface area contributed by atoms with E-state index >= 15 is 0 Å². The number of aromatic amines is 1. The molecule has 1 aliphatic rings. The van der Waals surface area contributed by atoms with Crippen molar-refractivity contribution < 1.29 is 0 Å². The standard InChI is InChI=1S/C12H22N4OS/c1-4-16-11(17)14-15-12(16)18-10-7-8(2)5-6-9(10)13-3/h8-10,13H,4-7H2,1-3H3,(H,14,17). The maximum Gasteiger partial charge on any atom is 0.343 e. The van der Waals surface area contributed by atoms with Gasteiger partial charge >= 0.3 is 5.69 Å². The minimum absolute atomic E-state index is 0.107. The number of hydrogen-bond donors (Lipinski definition) is 2. The van der Waals surface area contributed by atoms with Crippen LogP contribution in [-0.2, 0) is 6.54 Å². The lowest BCUT2D eigenvalue weighted by Crippen LogP contribution is -2.40. The maximum atomic E-state index is 11.5. The van der Waals surface area contributed by atoms with E-state index in [4.69, 9.17) is 0 Å². The molecule has 0 saturated heterocycles.